The Bertz CT molecular complexity index is 1210. The van der Waals surface area contributed by atoms with Crippen LogP contribution < -0.4 is 10.1 Å². The largest absolute Gasteiger partial charge is 0.484 e. The van der Waals surface area contributed by atoms with Crippen LogP contribution in [-0.2, 0) is 22.6 Å². The zero-order valence-corrected chi connectivity index (χ0v) is 23.3. The van der Waals surface area contributed by atoms with Crippen LogP contribution in [0.5, 0.6) is 5.75 Å². The molecular formula is C30H31Cl3N2O3. The quantitative estimate of drug-likeness (QED) is 0.281. The highest BCUT2D eigenvalue weighted by Crippen LogP contribution is 2.28. The third-order valence-electron chi connectivity index (χ3n) is 6.77. The molecule has 1 aliphatic carbocycles. The van der Waals surface area contributed by atoms with Gasteiger partial charge in [-0.25, -0.2) is 0 Å². The number of rotatable bonds is 10. The zero-order valence-electron chi connectivity index (χ0n) is 21.0. The molecule has 1 saturated carbocycles. The molecule has 0 heterocycles. The van der Waals surface area contributed by atoms with Crippen LogP contribution in [-0.4, -0.2) is 35.4 Å². The van der Waals surface area contributed by atoms with Gasteiger partial charge in [0.1, 0.15) is 11.8 Å². The van der Waals surface area contributed by atoms with E-state index in [9.17, 15) is 9.59 Å². The summed E-state index contributed by atoms with van der Waals surface area (Å²) >= 11 is 19.1. The summed E-state index contributed by atoms with van der Waals surface area (Å²) in [7, 11) is 0. The molecule has 5 nitrogen and oxygen atoms in total. The highest BCUT2D eigenvalue weighted by molar-refractivity contribution is 6.36. The third kappa shape index (κ3) is 7.89. The topological polar surface area (TPSA) is 58.6 Å². The van der Waals surface area contributed by atoms with Crippen molar-refractivity contribution >= 4 is 46.6 Å². The Morgan fingerprint density at radius 2 is 1.58 bits per heavy atom. The molecular weight excluding hydrogens is 543 g/mol. The predicted octanol–water partition coefficient (Wildman–Crippen LogP) is 7.11. The smallest absolute Gasteiger partial charge is 0.261 e. The molecule has 0 aliphatic heterocycles. The summed E-state index contributed by atoms with van der Waals surface area (Å²) in [6.07, 6.45) is 5.55. The number of amides is 2. The van der Waals surface area contributed by atoms with Gasteiger partial charge in [0.2, 0.25) is 5.91 Å². The molecule has 38 heavy (non-hydrogen) atoms. The summed E-state index contributed by atoms with van der Waals surface area (Å²) in [6.45, 7) is -0.212. The molecule has 1 fully saturated rings. The van der Waals surface area contributed by atoms with Crippen LogP contribution in [0, 0.1) is 0 Å². The Hall–Kier alpha value is -2.73. The van der Waals surface area contributed by atoms with Crippen molar-refractivity contribution in [2.45, 2.75) is 57.2 Å². The Balaban J connectivity index is 1.65. The molecule has 200 valence electrons. The standard InChI is InChI=1S/C30H31Cl3N2O3/c31-22-11-7-14-24(18-22)38-20-29(36)35(19-25-26(32)15-8-16-27(25)33)28(17-21-9-3-1-4-10-21)30(37)34-23-12-5-2-6-13-23/h1,3-4,7-11,14-16,18,23,28H,2,5-6,12-13,17,19-20H2,(H,34,37)/t28-/m0/s1. The van der Waals surface area contributed by atoms with Crippen LogP contribution in [0.4, 0.5) is 0 Å². The van der Waals surface area contributed by atoms with Gasteiger partial charge in [-0.1, -0.05) is 96.5 Å². The van der Waals surface area contributed by atoms with E-state index >= 15 is 0 Å². The molecule has 0 radical (unpaired) electrons. The minimum atomic E-state index is -0.790. The number of hydrogen-bond donors (Lipinski definition) is 1. The van der Waals surface area contributed by atoms with Gasteiger partial charge in [0.15, 0.2) is 6.61 Å². The minimum absolute atomic E-state index is 0.0613. The van der Waals surface area contributed by atoms with Gasteiger partial charge in [-0.15, -0.1) is 0 Å². The maximum atomic E-state index is 13.8. The van der Waals surface area contributed by atoms with Crippen LogP contribution >= 0.6 is 34.8 Å². The maximum absolute atomic E-state index is 13.8. The summed E-state index contributed by atoms with van der Waals surface area (Å²) in [5.41, 5.74) is 1.52. The zero-order chi connectivity index (χ0) is 26.9. The second-order valence-electron chi connectivity index (χ2n) is 9.52. The first-order valence-electron chi connectivity index (χ1n) is 12.9. The monoisotopic (exact) mass is 572 g/mol. The molecule has 1 atom stereocenters. The number of carbonyl (C=O) groups excluding carboxylic acids is 2. The van der Waals surface area contributed by atoms with Crippen molar-refractivity contribution in [3.05, 3.63) is 99.0 Å². The Kier molecular flexibility index (Phi) is 10.3. The molecule has 0 saturated heterocycles. The van der Waals surface area contributed by atoms with E-state index in [1.165, 1.54) is 11.3 Å². The molecule has 2 amide bonds. The first kappa shape index (κ1) is 28.3. The lowest BCUT2D eigenvalue weighted by Gasteiger charge is -2.33. The lowest BCUT2D eigenvalue weighted by molar-refractivity contribution is -0.143. The lowest BCUT2D eigenvalue weighted by Crippen LogP contribution is -2.53. The maximum Gasteiger partial charge on any atom is 0.261 e. The van der Waals surface area contributed by atoms with E-state index in [4.69, 9.17) is 39.5 Å². The summed E-state index contributed by atoms with van der Waals surface area (Å²) in [4.78, 5) is 29.1. The Labute approximate surface area is 239 Å². The van der Waals surface area contributed by atoms with Crippen molar-refractivity contribution in [2.75, 3.05) is 6.61 Å². The van der Waals surface area contributed by atoms with Crippen LogP contribution in [0.3, 0.4) is 0 Å². The van der Waals surface area contributed by atoms with E-state index in [-0.39, 0.29) is 31.0 Å². The van der Waals surface area contributed by atoms with Gasteiger partial charge in [-0.2, -0.15) is 0 Å². The lowest BCUT2D eigenvalue weighted by atomic mass is 9.94. The summed E-state index contributed by atoms with van der Waals surface area (Å²) in [5, 5.41) is 4.57. The fraction of sp³-hybridized carbons (Fsp3) is 0.333. The number of nitrogens with zero attached hydrogens (tertiary/aromatic N) is 1. The summed E-state index contributed by atoms with van der Waals surface area (Å²) < 4.78 is 5.78. The normalized spacial score (nSPS) is 14.5. The van der Waals surface area contributed by atoms with Gasteiger partial charge in [0.25, 0.3) is 5.91 Å². The fourth-order valence-corrected chi connectivity index (χ4v) is 5.43. The van der Waals surface area contributed by atoms with Crippen LogP contribution in [0.25, 0.3) is 0 Å². The van der Waals surface area contributed by atoms with E-state index in [2.05, 4.69) is 5.32 Å². The molecule has 0 unspecified atom stereocenters. The third-order valence-corrected chi connectivity index (χ3v) is 7.71. The van der Waals surface area contributed by atoms with E-state index in [0.717, 1.165) is 31.2 Å². The molecule has 4 rings (SSSR count). The molecule has 1 N–H and O–H groups in total. The number of carbonyl (C=O) groups is 2. The number of nitrogens with one attached hydrogen (secondary N) is 1. The van der Waals surface area contributed by atoms with Gasteiger partial charge in [0, 0.05) is 39.6 Å². The number of benzene rings is 3. The predicted molar refractivity (Wildman–Crippen MR) is 153 cm³/mol. The van der Waals surface area contributed by atoms with Crippen molar-refractivity contribution in [1.82, 2.24) is 10.2 Å². The first-order chi connectivity index (χ1) is 18.4. The van der Waals surface area contributed by atoms with Crippen molar-refractivity contribution in [3.63, 3.8) is 0 Å². The first-order valence-corrected chi connectivity index (χ1v) is 14.0. The van der Waals surface area contributed by atoms with E-state index in [1.807, 2.05) is 30.3 Å². The summed E-state index contributed by atoms with van der Waals surface area (Å²) in [6, 6.07) is 21.0. The molecule has 3 aromatic rings. The number of ether oxygens (including phenoxy) is 1. The SMILES string of the molecule is O=C(NC1CCCCC1)[C@H](Cc1ccccc1)N(Cc1c(Cl)cccc1Cl)C(=O)COc1cccc(Cl)c1. The Morgan fingerprint density at radius 3 is 2.26 bits per heavy atom. The van der Waals surface area contributed by atoms with Crippen molar-refractivity contribution in [3.8, 4) is 5.75 Å². The van der Waals surface area contributed by atoms with Gasteiger partial charge >= 0.3 is 0 Å². The number of hydrogen-bond acceptors (Lipinski definition) is 3. The van der Waals surface area contributed by atoms with Gasteiger partial charge < -0.3 is 15.0 Å². The van der Waals surface area contributed by atoms with Crippen molar-refractivity contribution in [1.29, 1.82) is 0 Å². The second-order valence-corrected chi connectivity index (χ2v) is 10.8. The minimum Gasteiger partial charge on any atom is -0.484 e. The molecule has 8 heteroatoms. The van der Waals surface area contributed by atoms with E-state index in [0.29, 0.717) is 32.8 Å². The molecule has 0 aromatic heterocycles. The molecule has 0 bridgehead atoms. The van der Waals surface area contributed by atoms with E-state index < -0.39 is 6.04 Å². The fourth-order valence-electron chi connectivity index (χ4n) is 4.74. The second kappa shape index (κ2) is 13.9. The average Bonchev–Trinajstić information content (AvgIpc) is 2.92. The average molecular weight is 574 g/mol. The van der Waals surface area contributed by atoms with Crippen molar-refractivity contribution in [2.24, 2.45) is 0 Å². The van der Waals surface area contributed by atoms with Crippen LogP contribution in [0.1, 0.15) is 43.2 Å². The van der Waals surface area contributed by atoms with Gasteiger partial charge in [-0.05, 0) is 48.7 Å². The molecule has 1 aliphatic rings. The highest BCUT2D eigenvalue weighted by Gasteiger charge is 2.33. The summed E-state index contributed by atoms with van der Waals surface area (Å²) in [5.74, 6) is -0.0893. The molecule has 0 spiro atoms. The van der Waals surface area contributed by atoms with Gasteiger partial charge in [0.05, 0.1) is 0 Å². The van der Waals surface area contributed by atoms with E-state index in [1.54, 1.807) is 42.5 Å². The number of halogens is 3. The van der Waals surface area contributed by atoms with Gasteiger partial charge in [-0.3, -0.25) is 9.59 Å². The van der Waals surface area contributed by atoms with Crippen LogP contribution in [0.2, 0.25) is 15.1 Å². The van der Waals surface area contributed by atoms with Crippen molar-refractivity contribution < 1.29 is 14.3 Å². The van der Waals surface area contributed by atoms with Crippen LogP contribution in [0.15, 0.2) is 72.8 Å². The highest BCUT2D eigenvalue weighted by atomic mass is 35.5. The Morgan fingerprint density at radius 1 is 0.895 bits per heavy atom. The molecule has 3 aromatic carbocycles.